The zero-order valence-corrected chi connectivity index (χ0v) is 12.4. The van der Waals surface area contributed by atoms with Gasteiger partial charge in [0.2, 0.25) is 0 Å². The number of hydrogen-bond acceptors (Lipinski definition) is 4. The number of fused-ring (bicyclic) bond motifs is 1. The lowest BCUT2D eigenvalue weighted by molar-refractivity contribution is 0.728. The molecule has 21 heavy (non-hydrogen) atoms. The normalized spacial score (nSPS) is 11.0. The predicted octanol–water partition coefficient (Wildman–Crippen LogP) is 2.87. The third kappa shape index (κ3) is 2.59. The van der Waals surface area contributed by atoms with Gasteiger partial charge in [-0.1, -0.05) is 12.1 Å². The quantitative estimate of drug-likeness (QED) is 0.781. The van der Waals surface area contributed by atoms with E-state index in [2.05, 4.69) is 39.8 Å². The first-order valence-electron chi connectivity index (χ1n) is 7.31. The summed E-state index contributed by atoms with van der Waals surface area (Å²) in [7, 11) is 0. The standard InChI is InChI=1S/C16H19N5/c1-3-17-16-13(18-9-10-19-16)11-15-20-12-7-5-6-8-14(12)21(15)4-2/h5-10H,3-4,11H2,1-2H3,(H,17,19). The van der Waals surface area contributed by atoms with Crippen molar-refractivity contribution >= 4 is 16.9 Å². The minimum atomic E-state index is 0.679. The van der Waals surface area contributed by atoms with E-state index in [0.29, 0.717) is 6.42 Å². The molecule has 2 aromatic heterocycles. The van der Waals surface area contributed by atoms with Gasteiger partial charge in [0.25, 0.3) is 0 Å². The van der Waals surface area contributed by atoms with E-state index in [4.69, 9.17) is 4.98 Å². The van der Waals surface area contributed by atoms with E-state index in [-0.39, 0.29) is 0 Å². The van der Waals surface area contributed by atoms with Crippen LogP contribution in [0.4, 0.5) is 5.82 Å². The van der Waals surface area contributed by atoms with Crippen LogP contribution in [0.1, 0.15) is 25.4 Å². The molecule has 5 nitrogen and oxygen atoms in total. The number of imidazole rings is 1. The SMILES string of the molecule is CCNc1nccnc1Cc1nc2ccccc2n1CC. The average molecular weight is 281 g/mol. The molecule has 0 unspecified atom stereocenters. The Hall–Kier alpha value is -2.43. The topological polar surface area (TPSA) is 55.6 Å². The lowest BCUT2D eigenvalue weighted by Gasteiger charge is -2.09. The van der Waals surface area contributed by atoms with Crippen molar-refractivity contribution in [2.24, 2.45) is 0 Å². The number of benzene rings is 1. The molecule has 0 saturated carbocycles. The second kappa shape index (κ2) is 5.91. The molecule has 2 heterocycles. The summed E-state index contributed by atoms with van der Waals surface area (Å²) in [5.74, 6) is 1.87. The fourth-order valence-corrected chi connectivity index (χ4v) is 2.57. The first-order valence-corrected chi connectivity index (χ1v) is 7.31. The summed E-state index contributed by atoms with van der Waals surface area (Å²) in [6.07, 6.45) is 4.12. The minimum Gasteiger partial charge on any atom is -0.369 e. The lowest BCUT2D eigenvalue weighted by atomic mass is 10.2. The number of nitrogens with one attached hydrogen (secondary N) is 1. The van der Waals surface area contributed by atoms with Crippen LogP contribution in [-0.4, -0.2) is 26.1 Å². The highest BCUT2D eigenvalue weighted by Crippen LogP contribution is 2.19. The van der Waals surface area contributed by atoms with Gasteiger partial charge in [-0.25, -0.2) is 9.97 Å². The van der Waals surface area contributed by atoms with Crippen LogP contribution in [0.3, 0.4) is 0 Å². The maximum Gasteiger partial charge on any atom is 0.148 e. The van der Waals surface area contributed by atoms with Gasteiger partial charge in [-0.2, -0.15) is 0 Å². The molecule has 0 aliphatic carbocycles. The summed E-state index contributed by atoms with van der Waals surface area (Å²) in [6, 6.07) is 8.22. The summed E-state index contributed by atoms with van der Waals surface area (Å²) >= 11 is 0. The second-order valence-electron chi connectivity index (χ2n) is 4.82. The molecule has 3 rings (SSSR count). The van der Waals surface area contributed by atoms with Crippen LogP contribution in [-0.2, 0) is 13.0 Å². The van der Waals surface area contributed by atoms with Gasteiger partial charge in [-0.05, 0) is 26.0 Å². The van der Waals surface area contributed by atoms with E-state index < -0.39 is 0 Å². The highest BCUT2D eigenvalue weighted by Gasteiger charge is 2.13. The number of anilines is 1. The first kappa shape index (κ1) is 13.5. The first-order chi connectivity index (χ1) is 10.3. The molecule has 0 fully saturated rings. The largest absolute Gasteiger partial charge is 0.369 e. The van der Waals surface area contributed by atoms with Crippen LogP contribution in [0.25, 0.3) is 11.0 Å². The molecule has 0 aliphatic rings. The van der Waals surface area contributed by atoms with E-state index in [0.717, 1.165) is 35.9 Å². The second-order valence-corrected chi connectivity index (χ2v) is 4.82. The maximum atomic E-state index is 4.75. The van der Waals surface area contributed by atoms with Gasteiger partial charge in [0.1, 0.15) is 11.6 Å². The van der Waals surface area contributed by atoms with Gasteiger partial charge in [-0.3, -0.25) is 4.98 Å². The molecular weight excluding hydrogens is 262 g/mol. The molecule has 0 saturated heterocycles. The number of aryl methyl sites for hydroxylation is 1. The van der Waals surface area contributed by atoms with Gasteiger partial charge in [0.15, 0.2) is 0 Å². The fraction of sp³-hybridized carbons (Fsp3) is 0.312. The molecule has 0 amide bonds. The van der Waals surface area contributed by atoms with Crippen molar-refractivity contribution in [2.75, 3.05) is 11.9 Å². The van der Waals surface area contributed by atoms with Crippen LogP contribution in [0.5, 0.6) is 0 Å². The van der Waals surface area contributed by atoms with Gasteiger partial charge in [0.05, 0.1) is 23.1 Å². The van der Waals surface area contributed by atoms with Crippen molar-refractivity contribution < 1.29 is 0 Å². The molecule has 0 radical (unpaired) electrons. The van der Waals surface area contributed by atoms with Crippen LogP contribution in [0.2, 0.25) is 0 Å². The molecule has 5 heteroatoms. The molecule has 1 aromatic carbocycles. The minimum absolute atomic E-state index is 0.679. The number of rotatable bonds is 5. The number of para-hydroxylation sites is 2. The third-order valence-corrected chi connectivity index (χ3v) is 3.49. The highest BCUT2D eigenvalue weighted by molar-refractivity contribution is 5.76. The fourth-order valence-electron chi connectivity index (χ4n) is 2.57. The van der Waals surface area contributed by atoms with E-state index in [9.17, 15) is 0 Å². The van der Waals surface area contributed by atoms with Gasteiger partial charge in [0, 0.05) is 25.5 Å². The third-order valence-electron chi connectivity index (χ3n) is 3.49. The zero-order valence-electron chi connectivity index (χ0n) is 12.4. The Balaban J connectivity index is 2.02. The van der Waals surface area contributed by atoms with Gasteiger partial charge in [-0.15, -0.1) is 0 Å². The van der Waals surface area contributed by atoms with Crippen molar-refractivity contribution in [3.05, 3.63) is 48.2 Å². The van der Waals surface area contributed by atoms with Crippen molar-refractivity contribution in [3.63, 3.8) is 0 Å². The lowest BCUT2D eigenvalue weighted by Crippen LogP contribution is -2.09. The highest BCUT2D eigenvalue weighted by atomic mass is 15.1. The monoisotopic (exact) mass is 281 g/mol. The Labute approximate surface area is 124 Å². The van der Waals surface area contributed by atoms with Crippen LogP contribution in [0, 0.1) is 0 Å². The van der Waals surface area contributed by atoms with Crippen molar-refractivity contribution in [1.29, 1.82) is 0 Å². The number of nitrogens with zero attached hydrogens (tertiary/aromatic N) is 4. The van der Waals surface area contributed by atoms with Crippen LogP contribution >= 0.6 is 0 Å². The molecule has 0 aliphatic heterocycles. The summed E-state index contributed by atoms with van der Waals surface area (Å²) in [6.45, 7) is 5.92. The number of aromatic nitrogens is 4. The average Bonchev–Trinajstić information content (AvgIpc) is 2.86. The van der Waals surface area contributed by atoms with Gasteiger partial charge >= 0.3 is 0 Å². The Bertz CT molecular complexity index is 747. The Morgan fingerprint density at radius 3 is 2.71 bits per heavy atom. The molecule has 3 aromatic rings. The maximum absolute atomic E-state index is 4.75. The molecular formula is C16H19N5. The Kier molecular flexibility index (Phi) is 3.81. The van der Waals surface area contributed by atoms with Crippen LogP contribution in [0.15, 0.2) is 36.7 Å². The van der Waals surface area contributed by atoms with E-state index >= 15 is 0 Å². The van der Waals surface area contributed by atoms with E-state index in [1.807, 2.05) is 18.2 Å². The van der Waals surface area contributed by atoms with Crippen LogP contribution < -0.4 is 5.32 Å². The Morgan fingerprint density at radius 1 is 1.10 bits per heavy atom. The van der Waals surface area contributed by atoms with E-state index in [1.54, 1.807) is 12.4 Å². The summed E-state index contributed by atoms with van der Waals surface area (Å²) < 4.78 is 2.24. The molecule has 0 atom stereocenters. The number of hydrogen-bond donors (Lipinski definition) is 1. The predicted molar refractivity (Wildman–Crippen MR) is 84.4 cm³/mol. The molecule has 0 spiro atoms. The summed E-state index contributed by atoms with van der Waals surface area (Å²) in [4.78, 5) is 13.6. The van der Waals surface area contributed by atoms with Crippen molar-refractivity contribution in [2.45, 2.75) is 26.8 Å². The van der Waals surface area contributed by atoms with E-state index in [1.165, 1.54) is 5.52 Å². The van der Waals surface area contributed by atoms with Crippen molar-refractivity contribution in [1.82, 2.24) is 19.5 Å². The zero-order chi connectivity index (χ0) is 14.7. The molecule has 108 valence electrons. The Morgan fingerprint density at radius 2 is 1.90 bits per heavy atom. The molecule has 1 N–H and O–H groups in total. The summed E-state index contributed by atoms with van der Waals surface area (Å²) in [5.41, 5.74) is 3.14. The summed E-state index contributed by atoms with van der Waals surface area (Å²) in [5, 5.41) is 3.26. The molecule has 0 bridgehead atoms. The smallest absolute Gasteiger partial charge is 0.148 e. The van der Waals surface area contributed by atoms with Gasteiger partial charge < -0.3 is 9.88 Å². The van der Waals surface area contributed by atoms with Crippen molar-refractivity contribution in [3.8, 4) is 0 Å².